The number of hydrogen-bond donors (Lipinski definition) is 3. The number of ketones is 1. The lowest BCUT2D eigenvalue weighted by Crippen LogP contribution is -2.28. The van der Waals surface area contributed by atoms with Gasteiger partial charge in [-0.1, -0.05) is 0 Å². The Balaban J connectivity index is 2.32. The zero-order valence-corrected chi connectivity index (χ0v) is 9.86. The molecule has 0 saturated heterocycles. The summed E-state index contributed by atoms with van der Waals surface area (Å²) >= 11 is 0. The average Bonchev–Trinajstić information content (AvgIpc) is 2.77. The molecule has 0 radical (unpaired) electrons. The fraction of sp³-hybridized carbons (Fsp3) is 0.364. The maximum atomic E-state index is 11.6. The van der Waals surface area contributed by atoms with Crippen molar-refractivity contribution in [2.45, 2.75) is 6.92 Å². The third-order valence-corrected chi connectivity index (χ3v) is 2.09. The molecule has 0 unspecified atom stereocenters. The van der Waals surface area contributed by atoms with E-state index < -0.39 is 12.6 Å². The van der Waals surface area contributed by atoms with Crippen LogP contribution in [0.25, 0.3) is 0 Å². The Kier molecular flexibility index (Phi) is 5.06. The number of Topliss-reactive ketones (excluding diaryl/α,β-unsaturated/α-hetero) is 1. The summed E-state index contributed by atoms with van der Waals surface area (Å²) in [6, 6.07) is 1.45. The largest absolute Gasteiger partial charge is 0.480 e. The summed E-state index contributed by atoms with van der Waals surface area (Å²) in [6.07, 6.45) is 1.46. The first-order valence-electron chi connectivity index (χ1n) is 5.28. The van der Waals surface area contributed by atoms with Crippen LogP contribution in [0.2, 0.25) is 0 Å². The van der Waals surface area contributed by atoms with Crippen molar-refractivity contribution < 1.29 is 24.2 Å². The van der Waals surface area contributed by atoms with Crippen LogP contribution in [0.5, 0.6) is 0 Å². The van der Waals surface area contributed by atoms with E-state index in [0.717, 1.165) is 0 Å². The van der Waals surface area contributed by atoms with Crippen LogP contribution in [-0.2, 0) is 9.53 Å². The minimum absolute atomic E-state index is 0.109. The fourth-order valence-electron chi connectivity index (χ4n) is 1.22. The summed E-state index contributed by atoms with van der Waals surface area (Å²) < 4.78 is 4.75. The summed E-state index contributed by atoms with van der Waals surface area (Å²) in [7, 11) is 0. The van der Waals surface area contributed by atoms with Crippen LogP contribution in [0.3, 0.4) is 0 Å². The van der Waals surface area contributed by atoms with E-state index in [1.807, 2.05) is 0 Å². The van der Waals surface area contributed by atoms with E-state index in [9.17, 15) is 14.4 Å². The van der Waals surface area contributed by atoms with Crippen molar-refractivity contribution >= 4 is 17.7 Å². The van der Waals surface area contributed by atoms with E-state index in [4.69, 9.17) is 9.84 Å². The van der Waals surface area contributed by atoms with Crippen molar-refractivity contribution in [3.63, 3.8) is 0 Å². The molecule has 1 heterocycles. The first-order valence-corrected chi connectivity index (χ1v) is 5.28. The van der Waals surface area contributed by atoms with Crippen molar-refractivity contribution in [3.8, 4) is 0 Å². The Hall–Kier alpha value is -2.15. The molecular weight excluding hydrogens is 240 g/mol. The van der Waals surface area contributed by atoms with Crippen molar-refractivity contribution in [2.75, 3.05) is 19.8 Å². The zero-order valence-electron chi connectivity index (χ0n) is 9.86. The molecule has 0 fully saturated rings. The first kappa shape index (κ1) is 13.9. The van der Waals surface area contributed by atoms with Gasteiger partial charge in [-0.25, -0.2) is 4.79 Å². The van der Waals surface area contributed by atoms with Crippen LogP contribution in [0.15, 0.2) is 12.3 Å². The minimum atomic E-state index is -1.06. The standard InChI is InChI=1S/C11H14N2O5/c1-7(14)8-4-9(13-5-8)11(17)12-2-3-18-6-10(15)16/h4-5,13H,2-3,6H2,1H3,(H,12,17)(H,15,16). The lowest BCUT2D eigenvalue weighted by Gasteiger charge is -2.03. The molecule has 3 N–H and O–H groups in total. The van der Waals surface area contributed by atoms with Crippen LogP contribution in [0.4, 0.5) is 0 Å². The number of carbonyl (C=O) groups is 3. The van der Waals surface area contributed by atoms with Gasteiger partial charge in [-0.2, -0.15) is 0 Å². The van der Waals surface area contributed by atoms with Gasteiger partial charge >= 0.3 is 5.97 Å². The molecule has 0 bridgehead atoms. The molecule has 1 aromatic rings. The van der Waals surface area contributed by atoms with E-state index in [1.54, 1.807) is 0 Å². The second kappa shape index (κ2) is 6.55. The molecule has 0 aliphatic rings. The summed E-state index contributed by atoms with van der Waals surface area (Å²) in [5, 5.41) is 10.8. The summed E-state index contributed by atoms with van der Waals surface area (Å²) in [5.74, 6) is -1.56. The van der Waals surface area contributed by atoms with Crippen molar-refractivity contribution in [1.82, 2.24) is 10.3 Å². The van der Waals surface area contributed by atoms with Gasteiger partial charge < -0.3 is 20.1 Å². The third kappa shape index (κ3) is 4.38. The number of carboxylic acids is 1. The number of hydrogen-bond acceptors (Lipinski definition) is 4. The van der Waals surface area contributed by atoms with E-state index >= 15 is 0 Å². The maximum absolute atomic E-state index is 11.6. The predicted molar refractivity (Wildman–Crippen MR) is 61.6 cm³/mol. The number of amides is 1. The number of H-pyrrole nitrogens is 1. The maximum Gasteiger partial charge on any atom is 0.329 e. The van der Waals surface area contributed by atoms with E-state index in [2.05, 4.69) is 10.3 Å². The molecule has 0 atom stereocenters. The molecule has 0 aliphatic carbocycles. The normalized spacial score (nSPS) is 10.1. The number of nitrogens with one attached hydrogen (secondary N) is 2. The average molecular weight is 254 g/mol. The first-order chi connectivity index (χ1) is 8.50. The van der Waals surface area contributed by atoms with Gasteiger partial charge in [0.2, 0.25) is 0 Å². The Bertz CT molecular complexity index is 452. The summed E-state index contributed by atoms with van der Waals surface area (Å²) in [5.41, 5.74) is 0.709. The van der Waals surface area contributed by atoms with Crippen LogP contribution in [-0.4, -0.2) is 47.5 Å². The Morgan fingerprint density at radius 3 is 2.72 bits per heavy atom. The number of carbonyl (C=O) groups excluding carboxylic acids is 2. The number of aromatic amines is 1. The van der Waals surface area contributed by atoms with Gasteiger partial charge in [0, 0.05) is 18.3 Å². The van der Waals surface area contributed by atoms with Gasteiger partial charge in [0.1, 0.15) is 12.3 Å². The molecule has 98 valence electrons. The van der Waals surface area contributed by atoms with Gasteiger partial charge in [0.05, 0.1) is 6.61 Å². The lowest BCUT2D eigenvalue weighted by atomic mass is 10.2. The SMILES string of the molecule is CC(=O)c1c[nH]c(C(=O)NCCOCC(=O)O)c1. The molecule has 18 heavy (non-hydrogen) atoms. The molecule has 7 nitrogen and oxygen atoms in total. The molecule has 0 spiro atoms. The zero-order chi connectivity index (χ0) is 13.5. The Morgan fingerprint density at radius 2 is 2.17 bits per heavy atom. The number of ether oxygens (including phenoxy) is 1. The highest BCUT2D eigenvalue weighted by Crippen LogP contribution is 2.03. The van der Waals surface area contributed by atoms with Gasteiger partial charge in [0.25, 0.3) is 5.91 Å². The van der Waals surface area contributed by atoms with Crippen LogP contribution in [0.1, 0.15) is 27.8 Å². The van der Waals surface area contributed by atoms with Gasteiger partial charge in [-0.15, -0.1) is 0 Å². The molecule has 1 amide bonds. The number of rotatable bonds is 7. The van der Waals surface area contributed by atoms with E-state index in [0.29, 0.717) is 5.56 Å². The highest BCUT2D eigenvalue weighted by molar-refractivity contribution is 5.99. The Labute approximate surface area is 103 Å². The van der Waals surface area contributed by atoms with Crippen LogP contribution in [0, 0.1) is 0 Å². The second-order valence-corrected chi connectivity index (χ2v) is 3.56. The lowest BCUT2D eigenvalue weighted by molar-refractivity contribution is -0.142. The topological polar surface area (TPSA) is 108 Å². The highest BCUT2D eigenvalue weighted by Gasteiger charge is 2.09. The summed E-state index contributed by atoms with van der Waals surface area (Å²) in [4.78, 5) is 35.4. The van der Waals surface area contributed by atoms with Gasteiger partial charge in [-0.05, 0) is 13.0 Å². The molecule has 0 aromatic carbocycles. The van der Waals surface area contributed by atoms with E-state index in [1.165, 1.54) is 19.2 Å². The molecular formula is C11H14N2O5. The van der Waals surface area contributed by atoms with Gasteiger partial charge in [0.15, 0.2) is 5.78 Å². The molecule has 1 rings (SSSR count). The number of aromatic nitrogens is 1. The van der Waals surface area contributed by atoms with E-state index in [-0.39, 0.29) is 30.5 Å². The van der Waals surface area contributed by atoms with Crippen LogP contribution >= 0.6 is 0 Å². The minimum Gasteiger partial charge on any atom is -0.480 e. The molecule has 7 heteroatoms. The monoisotopic (exact) mass is 254 g/mol. The van der Waals surface area contributed by atoms with Crippen molar-refractivity contribution in [3.05, 3.63) is 23.5 Å². The number of aliphatic carboxylic acids is 1. The fourth-order valence-corrected chi connectivity index (χ4v) is 1.22. The predicted octanol–water partition coefficient (Wildman–Crippen LogP) is 0.0483. The molecule has 1 aromatic heterocycles. The highest BCUT2D eigenvalue weighted by atomic mass is 16.5. The number of carboxylic acid groups (broad SMARTS) is 1. The van der Waals surface area contributed by atoms with Gasteiger partial charge in [-0.3, -0.25) is 9.59 Å². The smallest absolute Gasteiger partial charge is 0.329 e. The van der Waals surface area contributed by atoms with Crippen molar-refractivity contribution in [1.29, 1.82) is 0 Å². The molecule has 0 saturated carbocycles. The van der Waals surface area contributed by atoms with Crippen LogP contribution < -0.4 is 5.32 Å². The Morgan fingerprint density at radius 1 is 1.44 bits per heavy atom. The quantitative estimate of drug-likeness (QED) is 0.470. The molecule has 0 aliphatic heterocycles. The summed E-state index contributed by atoms with van der Waals surface area (Å²) in [6.45, 7) is 1.32. The third-order valence-electron chi connectivity index (χ3n) is 2.09. The van der Waals surface area contributed by atoms with Crippen molar-refractivity contribution in [2.24, 2.45) is 0 Å². The second-order valence-electron chi connectivity index (χ2n) is 3.56.